The zero-order valence-corrected chi connectivity index (χ0v) is 12.0. The van der Waals surface area contributed by atoms with Crippen LogP contribution in [0, 0.1) is 0 Å². The lowest BCUT2D eigenvalue weighted by Crippen LogP contribution is -2.14. The second-order valence-corrected chi connectivity index (χ2v) is 6.27. The summed E-state index contributed by atoms with van der Waals surface area (Å²) >= 11 is 5.82. The van der Waals surface area contributed by atoms with Gasteiger partial charge in [0.25, 0.3) is 5.56 Å². The van der Waals surface area contributed by atoms with Crippen molar-refractivity contribution >= 4 is 27.1 Å². The van der Waals surface area contributed by atoms with Gasteiger partial charge in [0.2, 0.25) is 9.84 Å². The Morgan fingerprint density at radius 3 is 2.60 bits per heavy atom. The summed E-state index contributed by atoms with van der Waals surface area (Å²) in [5.41, 5.74) is 4.69. The number of aromatic amines is 1. The molecule has 0 spiro atoms. The van der Waals surface area contributed by atoms with Crippen molar-refractivity contribution in [2.45, 2.75) is 9.79 Å². The lowest BCUT2D eigenvalue weighted by molar-refractivity contribution is 0.402. The molecule has 2 aromatic rings. The molecule has 1 aromatic heterocycles. The molecule has 0 fully saturated rings. The molecule has 0 saturated carbocycles. The van der Waals surface area contributed by atoms with Gasteiger partial charge in [-0.05, 0) is 24.3 Å². The molecule has 0 saturated heterocycles. The molecular formula is C12H11ClN2O4S. The summed E-state index contributed by atoms with van der Waals surface area (Å²) in [5.74, 6) is 0.152. The zero-order valence-electron chi connectivity index (χ0n) is 10.4. The van der Waals surface area contributed by atoms with E-state index in [0.29, 0.717) is 0 Å². The highest BCUT2D eigenvalue weighted by Gasteiger charge is 2.23. The van der Waals surface area contributed by atoms with E-state index in [1.165, 1.54) is 25.3 Å². The summed E-state index contributed by atoms with van der Waals surface area (Å²) in [6.45, 7) is 0. The fourth-order valence-electron chi connectivity index (χ4n) is 1.62. The molecule has 3 N–H and O–H groups in total. The van der Waals surface area contributed by atoms with E-state index in [2.05, 4.69) is 4.98 Å². The number of ether oxygens (including phenoxy) is 1. The molecule has 0 aliphatic rings. The van der Waals surface area contributed by atoms with Gasteiger partial charge in [-0.2, -0.15) is 0 Å². The van der Waals surface area contributed by atoms with Gasteiger partial charge in [-0.25, -0.2) is 8.42 Å². The van der Waals surface area contributed by atoms with Crippen molar-refractivity contribution in [3.63, 3.8) is 0 Å². The molecule has 8 heteroatoms. The topological polar surface area (TPSA) is 102 Å². The largest absolute Gasteiger partial charge is 0.495 e. The Kier molecular flexibility index (Phi) is 3.74. The Hall–Kier alpha value is -1.99. The summed E-state index contributed by atoms with van der Waals surface area (Å²) in [7, 11) is -2.55. The van der Waals surface area contributed by atoms with E-state index < -0.39 is 15.4 Å². The second kappa shape index (κ2) is 5.18. The Morgan fingerprint density at radius 1 is 1.30 bits per heavy atom. The maximum atomic E-state index is 12.5. The monoisotopic (exact) mass is 314 g/mol. The minimum absolute atomic E-state index is 0.0982. The molecule has 106 valence electrons. The number of sulfone groups is 1. The van der Waals surface area contributed by atoms with Crippen LogP contribution < -0.4 is 16.0 Å². The highest BCUT2D eigenvalue weighted by Crippen LogP contribution is 2.31. The third-order valence-corrected chi connectivity index (χ3v) is 4.62. The van der Waals surface area contributed by atoms with Crippen LogP contribution in [0.3, 0.4) is 0 Å². The SMILES string of the molecule is COc1ccc(Cl)cc1S(=O)(=O)c1c[nH]c(=O)c(N)c1. The first-order valence-corrected chi connectivity index (χ1v) is 7.29. The van der Waals surface area contributed by atoms with Crippen molar-refractivity contribution in [3.05, 3.63) is 45.8 Å². The average molecular weight is 315 g/mol. The van der Waals surface area contributed by atoms with Gasteiger partial charge in [0.05, 0.1) is 17.7 Å². The number of hydrogen-bond donors (Lipinski definition) is 2. The van der Waals surface area contributed by atoms with Crippen LogP contribution >= 0.6 is 11.6 Å². The molecule has 1 heterocycles. The summed E-state index contributed by atoms with van der Waals surface area (Å²) in [4.78, 5) is 13.2. The molecule has 0 radical (unpaired) electrons. The number of nitrogens with one attached hydrogen (secondary N) is 1. The standard InChI is InChI=1S/C12H11ClN2O4S/c1-19-10-3-2-7(13)4-11(10)20(17,18)8-5-9(14)12(16)15-6-8/h2-6H,14H2,1H3,(H,15,16). The molecule has 0 aliphatic carbocycles. The van der Waals surface area contributed by atoms with Crippen molar-refractivity contribution in [1.82, 2.24) is 4.98 Å². The van der Waals surface area contributed by atoms with E-state index in [1.54, 1.807) is 0 Å². The molecule has 6 nitrogen and oxygen atoms in total. The lowest BCUT2D eigenvalue weighted by Gasteiger charge is -2.10. The fraction of sp³-hybridized carbons (Fsp3) is 0.0833. The summed E-state index contributed by atoms with van der Waals surface area (Å²) < 4.78 is 30.0. The third kappa shape index (κ3) is 2.50. The maximum absolute atomic E-state index is 12.5. The predicted molar refractivity (Wildman–Crippen MR) is 74.9 cm³/mol. The quantitative estimate of drug-likeness (QED) is 0.892. The number of nitrogen functional groups attached to an aromatic ring is 1. The van der Waals surface area contributed by atoms with Crippen LogP contribution in [0.5, 0.6) is 5.75 Å². The molecule has 0 bridgehead atoms. The van der Waals surface area contributed by atoms with E-state index >= 15 is 0 Å². The van der Waals surface area contributed by atoms with Crippen molar-refractivity contribution in [3.8, 4) is 5.75 Å². The Balaban J connectivity index is 2.69. The number of aromatic nitrogens is 1. The molecule has 1 aromatic carbocycles. The van der Waals surface area contributed by atoms with Crippen molar-refractivity contribution in [1.29, 1.82) is 0 Å². The predicted octanol–water partition coefficient (Wildman–Crippen LogP) is 1.45. The third-order valence-electron chi connectivity index (χ3n) is 2.63. The molecular weight excluding hydrogens is 304 g/mol. The van der Waals surface area contributed by atoms with Crippen LogP contribution in [0.1, 0.15) is 0 Å². The summed E-state index contributed by atoms with van der Waals surface area (Å²) in [5, 5.41) is 0.252. The highest BCUT2D eigenvalue weighted by molar-refractivity contribution is 7.91. The molecule has 0 aliphatic heterocycles. The molecule has 0 atom stereocenters. The van der Waals surface area contributed by atoms with Crippen LogP contribution in [0.2, 0.25) is 5.02 Å². The number of H-pyrrole nitrogens is 1. The van der Waals surface area contributed by atoms with E-state index in [-0.39, 0.29) is 26.3 Å². The normalized spacial score (nSPS) is 11.3. The van der Waals surface area contributed by atoms with Gasteiger partial charge in [-0.15, -0.1) is 0 Å². The first-order valence-electron chi connectivity index (χ1n) is 5.43. The number of rotatable bonds is 3. The van der Waals surface area contributed by atoms with Gasteiger partial charge < -0.3 is 15.5 Å². The van der Waals surface area contributed by atoms with Gasteiger partial charge >= 0.3 is 0 Å². The first kappa shape index (κ1) is 14.4. The lowest BCUT2D eigenvalue weighted by atomic mass is 10.3. The molecule has 0 unspecified atom stereocenters. The van der Waals surface area contributed by atoms with E-state index in [0.717, 1.165) is 12.3 Å². The molecule has 20 heavy (non-hydrogen) atoms. The van der Waals surface area contributed by atoms with Gasteiger partial charge in [0, 0.05) is 11.2 Å². The number of methoxy groups -OCH3 is 1. The smallest absolute Gasteiger partial charge is 0.271 e. The van der Waals surface area contributed by atoms with E-state index in [1.807, 2.05) is 0 Å². The number of hydrogen-bond acceptors (Lipinski definition) is 5. The zero-order chi connectivity index (χ0) is 14.9. The minimum Gasteiger partial charge on any atom is -0.495 e. The first-order chi connectivity index (χ1) is 9.36. The number of nitrogens with two attached hydrogens (primary N) is 1. The van der Waals surface area contributed by atoms with Crippen LogP contribution in [0.4, 0.5) is 5.69 Å². The van der Waals surface area contributed by atoms with Crippen molar-refractivity contribution < 1.29 is 13.2 Å². The number of pyridine rings is 1. The number of benzene rings is 1. The van der Waals surface area contributed by atoms with E-state index in [9.17, 15) is 13.2 Å². The summed E-state index contributed by atoms with van der Waals surface area (Å²) in [6, 6.07) is 5.33. The summed E-state index contributed by atoms with van der Waals surface area (Å²) in [6.07, 6.45) is 1.08. The van der Waals surface area contributed by atoms with Gasteiger partial charge in [0.1, 0.15) is 10.6 Å². The van der Waals surface area contributed by atoms with Crippen LogP contribution in [0.15, 0.2) is 45.0 Å². The fourth-order valence-corrected chi connectivity index (χ4v) is 3.31. The van der Waals surface area contributed by atoms with Crippen molar-refractivity contribution in [2.24, 2.45) is 0 Å². The van der Waals surface area contributed by atoms with Crippen LogP contribution in [-0.4, -0.2) is 20.5 Å². The van der Waals surface area contributed by atoms with Gasteiger partial charge in [-0.3, -0.25) is 4.79 Å². The second-order valence-electron chi connectivity index (χ2n) is 3.92. The van der Waals surface area contributed by atoms with Crippen LogP contribution in [0.25, 0.3) is 0 Å². The maximum Gasteiger partial charge on any atom is 0.271 e. The molecule has 0 amide bonds. The number of anilines is 1. The van der Waals surface area contributed by atoms with Crippen LogP contribution in [-0.2, 0) is 9.84 Å². The van der Waals surface area contributed by atoms with E-state index in [4.69, 9.17) is 22.1 Å². The number of halogens is 1. The minimum atomic E-state index is -3.90. The Labute approximate surface area is 120 Å². The van der Waals surface area contributed by atoms with Gasteiger partial charge in [0.15, 0.2) is 0 Å². The highest BCUT2D eigenvalue weighted by atomic mass is 35.5. The Morgan fingerprint density at radius 2 is 2.00 bits per heavy atom. The van der Waals surface area contributed by atoms with Gasteiger partial charge in [-0.1, -0.05) is 11.6 Å². The van der Waals surface area contributed by atoms with Crippen molar-refractivity contribution in [2.75, 3.05) is 12.8 Å². The Bertz CT molecular complexity index is 814. The molecule has 2 rings (SSSR count). The average Bonchev–Trinajstić information content (AvgIpc) is 2.41.